The van der Waals surface area contributed by atoms with Crippen molar-refractivity contribution in [3.8, 4) is 0 Å². The highest BCUT2D eigenvalue weighted by molar-refractivity contribution is 6.08. The van der Waals surface area contributed by atoms with Crippen LogP contribution in [0.2, 0.25) is 0 Å². The molecule has 0 fully saturated rings. The van der Waals surface area contributed by atoms with Crippen molar-refractivity contribution in [3.63, 3.8) is 0 Å². The van der Waals surface area contributed by atoms with E-state index in [9.17, 15) is 19.2 Å². The molecule has 0 radical (unpaired) electrons. The van der Waals surface area contributed by atoms with Gasteiger partial charge in [-0.1, -0.05) is 0 Å². The van der Waals surface area contributed by atoms with Crippen molar-refractivity contribution < 1.29 is 23.9 Å². The van der Waals surface area contributed by atoms with Gasteiger partial charge in [-0.15, -0.1) is 0 Å². The molecule has 2 N–H and O–H groups in total. The van der Waals surface area contributed by atoms with Gasteiger partial charge in [0.25, 0.3) is 11.5 Å². The van der Waals surface area contributed by atoms with Crippen LogP contribution in [0.4, 0.5) is 5.69 Å². The number of amides is 1. The largest absolute Gasteiger partial charge is 0.465 e. The number of carbonyl (C=O) groups excluding carboxylic acids is 3. The van der Waals surface area contributed by atoms with E-state index in [-0.39, 0.29) is 22.5 Å². The summed E-state index contributed by atoms with van der Waals surface area (Å²) in [6.07, 6.45) is 0. The van der Waals surface area contributed by atoms with Crippen LogP contribution in [-0.4, -0.2) is 42.3 Å². The van der Waals surface area contributed by atoms with Gasteiger partial charge in [0.1, 0.15) is 5.69 Å². The number of benzene rings is 1. The molecule has 0 saturated carbocycles. The second-order valence-electron chi connectivity index (χ2n) is 4.50. The fourth-order valence-electron chi connectivity index (χ4n) is 1.84. The summed E-state index contributed by atoms with van der Waals surface area (Å²) in [5, 5.41) is 8.16. The van der Waals surface area contributed by atoms with E-state index >= 15 is 0 Å². The Morgan fingerprint density at radius 2 is 1.75 bits per heavy atom. The van der Waals surface area contributed by atoms with Crippen LogP contribution < -0.4 is 10.9 Å². The lowest BCUT2D eigenvalue weighted by atomic mass is 10.1. The first-order chi connectivity index (χ1) is 11.5. The number of ether oxygens (including phenoxy) is 2. The SMILES string of the molecule is COC(=O)c1ccc(C(=O)OC)c(NC(=O)c2ccc(=O)[nH]n2)c1. The van der Waals surface area contributed by atoms with E-state index in [4.69, 9.17) is 0 Å². The molecule has 124 valence electrons. The minimum absolute atomic E-state index is 0.0442. The molecule has 0 saturated heterocycles. The first kappa shape index (κ1) is 16.9. The van der Waals surface area contributed by atoms with Gasteiger partial charge in [0.15, 0.2) is 0 Å². The number of esters is 2. The number of nitrogens with one attached hydrogen (secondary N) is 2. The van der Waals surface area contributed by atoms with Crippen LogP contribution >= 0.6 is 0 Å². The van der Waals surface area contributed by atoms with Crippen LogP contribution in [0.15, 0.2) is 35.1 Å². The Hall–Kier alpha value is -3.49. The van der Waals surface area contributed by atoms with E-state index in [0.717, 1.165) is 6.07 Å². The molecule has 0 unspecified atom stereocenters. The topological polar surface area (TPSA) is 127 Å². The molecule has 0 aliphatic carbocycles. The number of carbonyl (C=O) groups is 3. The molecule has 1 aromatic heterocycles. The third-order valence-electron chi connectivity index (χ3n) is 3.01. The zero-order valence-corrected chi connectivity index (χ0v) is 12.8. The van der Waals surface area contributed by atoms with Gasteiger partial charge < -0.3 is 14.8 Å². The van der Waals surface area contributed by atoms with Crippen LogP contribution in [0.3, 0.4) is 0 Å². The highest BCUT2D eigenvalue weighted by Crippen LogP contribution is 2.20. The number of hydrogen-bond acceptors (Lipinski definition) is 7. The number of hydrogen-bond donors (Lipinski definition) is 2. The third-order valence-corrected chi connectivity index (χ3v) is 3.01. The van der Waals surface area contributed by atoms with E-state index in [1.54, 1.807) is 0 Å². The van der Waals surface area contributed by atoms with E-state index in [2.05, 4.69) is 25.0 Å². The molecule has 1 heterocycles. The second-order valence-corrected chi connectivity index (χ2v) is 4.50. The van der Waals surface area contributed by atoms with Crippen molar-refractivity contribution in [2.45, 2.75) is 0 Å². The predicted molar refractivity (Wildman–Crippen MR) is 81.9 cm³/mol. The quantitative estimate of drug-likeness (QED) is 0.785. The molecular weight excluding hydrogens is 318 g/mol. The summed E-state index contributed by atoms with van der Waals surface area (Å²) < 4.78 is 9.24. The van der Waals surface area contributed by atoms with Crippen molar-refractivity contribution in [3.05, 3.63) is 57.5 Å². The molecule has 0 atom stereocenters. The van der Waals surface area contributed by atoms with Gasteiger partial charge in [-0.3, -0.25) is 9.59 Å². The zero-order chi connectivity index (χ0) is 17.7. The van der Waals surface area contributed by atoms with Gasteiger partial charge in [0.05, 0.1) is 31.0 Å². The number of H-pyrrole nitrogens is 1. The maximum atomic E-state index is 12.2. The normalized spacial score (nSPS) is 9.92. The van der Waals surface area contributed by atoms with E-state index in [1.807, 2.05) is 0 Å². The summed E-state index contributed by atoms with van der Waals surface area (Å²) in [4.78, 5) is 46.6. The van der Waals surface area contributed by atoms with E-state index in [1.165, 1.54) is 38.5 Å². The van der Waals surface area contributed by atoms with Gasteiger partial charge in [0, 0.05) is 6.07 Å². The Bertz CT molecular complexity index is 838. The van der Waals surface area contributed by atoms with Crippen molar-refractivity contribution >= 4 is 23.5 Å². The fourth-order valence-corrected chi connectivity index (χ4v) is 1.84. The van der Waals surface area contributed by atoms with Gasteiger partial charge in [-0.25, -0.2) is 14.7 Å². The number of methoxy groups -OCH3 is 2. The highest BCUT2D eigenvalue weighted by Gasteiger charge is 2.18. The van der Waals surface area contributed by atoms with Gasteiger partial charge in [-0.05, 0) is 24.3 Å². The lowest BCUT2D eigenvalue weighted by Crippen LogP contribution is -2.19. The molecule has 0 spiro atoms. The molecule has 2 aromatic rings. The minimum atomic E-state index is -0.698. The van der Waals surface area contributed by atoms with Crippen molar-refractivity contribution in [1.82, 2.24) is 10.2 Å². The zero-order valence-electron chi connectivity index (χ0n) is 12.8. The van der Waals surface area contributed by atoms with Crippen molar-refractivity contribution in [2.75, 3.05) is 19.5 Å². The lowest BCUT2D eigenvalue weighted by Gasteiger charge is -2.11. The van der Waals surface area contributed by atoms with Crippen molar-refractivity contribution in [2.24, 2.45) is 0 Å². The first-order valence-corrected chi connectivity index (χ1v) is 6.64. The molecule has 9 nitrogen and oxygen atoms in total. The summed E-state index contributed by atoms with van der Waals surface area (Å²) in [7, 11) is 2.39. The van der Waals surface area contributed by atoms with Crippen LogP contribution in [0, 0.1) is 0 Å². The third kappa shape index (κ3) is 3.64. The Kier molecular flexibility index (Phi) is 5.05. The smallest absolute Gasteiger partial charge is 0.339 e. The number of aromatic amines is 1. The maximum absolute atomic E-state index is 12.2. The average molecular weight is 331 g/mol. The number of aromatic nitrogens is 2. The molecule has 1 aromatic carbocycles. The molecule has 9 heteroatoms. The first-order valence-electron chi connectivity index (χ1n) is 6.64. The Morgan fingerprint density at radius 1 is 1.04 bits per heavy atom. The Morgan fingerprint density at radius 3 is 2.33 bits per heavy atom. The summed E-state index contributed by atoms with van der Waals surface area (Å²) in [6, 6.07) is 6.33. The molecule has 0 bridgehead atoms. The van der Waals surface area contributed by atoms with Crippen LogP contribution in [0.5, 0.6) is 0 Å². The van der Waals surface area contributed by atoms with Gasteiger partial charge in [-0.2, -0.15) is 5.10 Å². The average Bonchev–Trinajstić information content (AvgIpc) is 2.60. The maximum Gasteiger partial charge on any atom is 0.339 e. The van der Waals surface area contributed by atoms with Crippen LogP contribution in [-0.2, 0) is 9.47 Å². The fraction of sp³-hybridized carbons (Fsp3) is 0.133. The van der Waals surface area contributed by atoms with E-state index in [0.29, 0.717) is 0 Å². The number of rotatable bonds is 4. The second kappa shape index (κ2) is 7.18. The summed E-state index contributed by atoms with van der Waals surface area (Å²) in [5.74, 6) is -2.02. The molecule has 1 amide bonds. The summed E-state index contributed by atoms with van der Waals surface area (Å²) in [5.41, 5.74) is -0.316. The Balaban J connectivity index is 2.39. The Labute approximate surface area is 135 Å². The molecule has 0 aliphatic heterocycles. The highest BCUT2D eigenvalue weighted by atomic mass is 16.5. The molecule has 0 aliphatic rings. The molecule has 2 rings (SSSR count). The number of anilines is 1. The van der Waals surface area contributed by atoms with Gasteiger partial charge in [0.2, 0.25) is 0 Å². The van der Waals surface area contributed by atoms with Crippen molar-refractivity contribution in [1.29, 1.82) is 0 Å². The minimum Gasteiger partial charge on any atom is -0.465 e. The van der Waals surface area contributed by atoms with Crippen LogP contribution in [0.25, 0.3) is 0 Å². The summed E-state index contributed by atoms with van der Waals surface area (Å²) in [6.45, 7) is 0. The monoisotopic (exact) mass is 331 g/mol. The molecule has 24 heavy (non-hydrogen) atoms. The van der Waals surface area contributed by atoms with Gasteiger partial charge >= 0.3 is 11.9 Å². The summed E-state index contributed by atoms with van der Waals surface area (Å²) >= 11 is 0. The predicted octanol–water partition coefficient (Wildman–Crippen LogP) is 0.595. The van der Waals surface area contributed by atoms with E-state index < -0.39 is 23.4 Å². The van der Waals surface area contributed by atoms with Crippen LogP contribution in [0.1, 0.15) is 31.2 Å². The molecular formula is C15H13N3O6. The number of nitrogens with zero attached hydrogens (tertiary/aromatic N) is 1. The lowest BCUT2D eigenvalue weighted by molar-refractivity contribution is 0.0587. The standard InChI is InChI=1S/C15H13N3O6/c1-23-14(21)8-3-4-9(15(22)24-2)11(7-8)16-13(20)10-5-6-12(19)18-17-10/h3-7H,1-2H3,(H,16,20)(H,18,19).